The van der Waals surface area contributed by atoms with Crippen LogP contribution in [-0.2, 0) is 4.74 Å². The van der Waals surface area contributed by atoms with E-state index in [-0.39, 0.29) is 12.1 Å². The van der Waals surface area contributed by atoms with Gasteiger partial charge in [-0.15, -0.1) is 0 Å². The Kier molecular flexibility index (Phi) is 3.73. The molecule has 2 aliphatic rings. The first-order chi connectivity index (χ1) is 9.29. The molecule has 2 aliphatic heterocycles. The Morgan fingerprint density at radius 3 is 3.05 bits per heavy atom. The topological polar surface area (TPSA) is 41.9 Å². The van der Waals surface area contributed by atoms with Gasteiger partial charge in [0, 0.05) is 19.2 Å². The van der Waals surface area contributed by atoms with Crippen molar-refractivity contribution in [1.29, 1.82) is 0 Å². The lowest BCUT2D eigenvalue weighted by Gasteiger charge is -2.41. The molecule has 4 nitrogen and oxygen atoms in total. The third-order valence-electron chi connectivity index (χ3n) is 4.22. The van der Waals surface area contributed by atoms with Crippen LogP contribution in [0.1, 0.15) is 24.5 Å². The van der Waals surface area contributed by atoms with Gasteiger partial charge in [-0.05, 0) is 25.5 Å². The van der Waals surface area contributed by atoms with Crippen molar-refractivity contribution in [3.8, 4) is 5.75 Å². The maximum Gasteiger partial charge on any atom is 0.125 e. The maximum atomic E-state index is 10.6. The smallest absolute Gasteiger partial charge is 0.125 e. The normalized spacial score (nSPS) is 31.6. The molecular weight excluding hydrogens is 242 g/mol. The summed E-state index contributed by atoms with van der Waals surface area (Å²) in [6.45, 7) is 2.44. The molecule has 1 aromatic rings. The zero-order valence-electron chi connectivity index (χ0n) is 11.3. The predicted molar refractivity (Wildman–Crippen MR) is 72.3 cm³/mol. The third-order valence-corrected chi connectivity index (χ3v) is 4.22. The lowest BCUT2D eigenvalue weighted by molar-refractivity contribution is -0.0424. The van der Waals surface area contributed by atoms with Crippen LogP contribution in [0.5, 0.6) is 5.75 Å². The molecule has 0 amide bonds. The highest BCUT2D eigenvalue weighted by Gasteiger charge is 2.35. The van der Waals surface area contributed by atoms with E-state index in [2.05, 4.69) is 4.90 Å². The second-order valence-corrected chi connectivity index (χ2v) is 5.36. The summed E-state index contributed by atoms with van der Waals surface area (Å²) >= 11 is 0. The van der Waals surface area contributed by atoms with E-state index in [4.69, 9.17) is 9.47 Å². The van der Waals surface area contributed by atoms with Crippen molar-refractivity contribution in [2.24, 2.45) is 0 Å². The molecule has 1 saturated heterocycles. The first-order valence-electron chi connectivity index (χ1n) is 6.96. The van der Waals surface area contributed by atoms with Gasteiger partial charge in [-0.25, -0.2) is 0 Å². The van der Waals surface area contributed by atoms with Gasteiger partial charge in [0.2, 0.25) is 0 Å². The van der Waals surface area contributed by atoms with Crippen LogP contribution < -0.4 is 4.74 Å². The Labute approximate surface area is 113 Å². The van der Waals surface area contributed by atoms with E-state index in [0.29, 0.717) is 6.61 Å². The molecule has 19 heavy (non-hydrogen) atoms. The van der Waals surface area contributed by atoms with Gasteiger partial charge in [0.05, 0.1) is 12.1 Å². The average Bonchev–Trinajstić information content (AvgIpc) is 2.48. The SMILES string of the molecule is COC1CCCN(C2COc3ccccc3C2O)C1. The number of likely N-dealkylation sites (tertiary alicyclic amines) is 1. The van der Waals surface area contributed by atoms with Crippen molar-refractivity contribution in [1.82, 2.24) is 4.90 Å². The van der Waals surface area contributed by atoms with Crippen LogP contribution in [0.3, 0.4) is 0 Å². The van der Waals surface area contributed by atoms with Gasteiger partial charge < -0.3 is 14.6 Å². The van der Waals surface area contributed by atoms with Crippen molar-refractivity contribution in [3.63, 3.8) is 0 Å². The van der Waals surface area contributed by atoms with Gasteiger partial charge in [0.1, 0.15) is 18.5 Å². The zero-order valence-corrected chi connectivity index (χ0v) is 11.3. The summed E-state index contributed by atoms with van der Waals surface area (Å²) in [4.78, 5) is 2.30. The first-order valence-corrected chi connectivity index (χ1v) is 6.96. The van der Waals surface area contributed by atoms with E-state index in [1.165, 1.54) is 0 Å². The molecule has 1 aromatic carbocycles. The van der Waals surface area contributed by atoms with Crippen LogP contribution in [0.15, 0.2) is 24.3 Å². The molecule has 0 aliphatic carbocycles. The lowest BCUT2D eigenvalue weighted by Crippen LogP contribution is -2.51. The van der Waals surface area contributed by atoms with Gasteiger partial charge in [-0.2, -0.15) is 0 Å². The van der Waals surface area contributed by atoms with E-state index in [0.717, 1.165) is 37.2 Å². The number of hydrogen-bond acceptors (Lipinski definition) is 4. The van der Waals surface area contributed by atoms with Crippen LogP contribution in [-0.4, -0.2) is 49.0 Å². The van der Waals surface area contributed by atoms with Gasteiger partial charge in [-0.1, -0.05) is 18.2 Å². The standard InChI is InChI=1S/C15H21NO3/c1-18-11-5-4-8-16(9-11)13-10-19-14-7-3-2-6-12(14)15(13)17/h2-3,6-7,11,13,15,17H,4-5,8-10H2,1H3. The highest BCUT2D eigenvalue weighted by Crippen LogP contribution is 2.34. The molecular formula is C15H21NO3. The fourth-order valence-corrected chi connectivity index (χ4v) is 3.09. The number of aliphatic hydroxyl groups excluding tert-OH is 1. The number of ether oxygens (including phenoxy) is 2. The highest BCUT2D eigenvalue weighted by molar-refractivity contribution is 5.37. The molecule has 1 N–H and O–H groups in total. The molecule has 3 atom stereocenters. The van der Waals surface area contributed by atoms with Gasteiger partial charge in [0.25, 0.3) is 0 Å². The molecule has 3 unspecified atom stereocenters. The fraction of sp³-hybridized carbons (Fsp3) is 0.600. The largest absolute Gasteiger partial charge is 0.491 e. The molecule has 0 radical (unpaired) electrons. The number of benzene rings is 1. The summed E-state index contributed by atoms with van der Waals surface area (Å²) in [6, 6.07) is 7.79. The number of aliphatic hydroxyl groups is 1. The van der Waals surface area contributed by atoms with Gasteiger partial charge in [-0.3, -0.25) is 4.90 Å². The number of nitrogens with zero attached hydrogens (tertiary/aromatic N) is 1. The van der Waals surface area contributed by atoms with Crippen molar-refractivity contribution < 1.29 is 14.6 Å². The van der Waals surface area contributed by atoms with E-state index in [9.17, 15) is 5.11 Å². The van der Waals surface area contributed by atoms with Crippen LogP contribution in [0, 0.1) is 0 Å². The second-order valence-electron chi connectivity index (χ2n) is 5.36. The fourth-order valence-electron chi connectivity index (χ4n) is 3.09. The van der Waals surface area contributed by atoms with Crippen LogP contribution in [0.2, 0.25) is 0 Å². The maximum absolute atomic E-state index is 10.6. The van der Waals surface area contributed by atoms with E-state index in [1.807, 2.05) is 24.3 Å². The molecule has 1 fully saturated rings. The van der Waals surface area contributed by atoms with Crippen molar-refractivity contribution >= 4 is 0 Å². The van der Waals surface area contributed by atoms with E-state index < -0.39 is 6.10 Å². The Bertz CT molecular complexity index is 437. The summed E-state index contributed by atoms with van der Waals surface area (Å²) in [7, 11) is 1.76. The average molecular weight is 263 g/mol. The number of fused-ring (bicyclic) bond motifs is 1. The van der Waals surface area contributed by atoms with Crippen molar-refractivity contribution in [3.05, 3.63) is 29.8 Å². The number of hydrogen-bond donors (Lipinski definition) is 1. The predicted octanol–water partition coefficient (Wildman–Crippen LogP) is 1.59. The van der Waals surface area contributed by atoms with Gasteiger partial charge >= 0.3 is 0 Å². The molecule has 0 spiro atoms. The van der Waals surface area contributed by atoms with Crippen LogP contribution >= 0.6 is 0 Å². The summed E-state index contributed by atoms with van der Waals surface area (Å²) < 4.78 is 11.2. The number of piperidine rings is 1. The minimum absolute atomic E-state index is 0.0350. The Morgan fingerprint density at radius 1 is 1.37 bits per heavy atom. The molecule has 3 rings (SSSR count). The zero-order chi connectivity index (χ0) is 13.2. The third kappa shape index (κ3) is 2.48. The summed E-state index contributed by atoms with van der Waals surface area (Å²) in [6.07, 6.45) is 2.02. The van der Waals surface area contributed by atoms with Crippen molar-refractivity contribution in [2.45, 2.75) is 31.1 Å². The number of rotatable bonds is 2. The molecule has 0 saturated carbocycles. The minimum Gasteiger partial charge on any atom is -0.491 e. The summed E-state index contributed by atoms with van der Waals surface area (Å²) in [5.41, 5.74) is 0.901. The Hall–Kier alpha value is -1.10. The van der Waals surface area contributed by atoms with Gasteiger partial charge in [0.15, 0.2) is 0 Å². The second kappa shape index (κ2) is 5.49. The monoisotopic (exact) mass is 263 g/mol. The minimum atomic E-state index is -0.472. The Balaban J connectivity index is 1.76. The van der Waals surface area contributed by atoms with Crippen molar-refractivity contribution in [2.75, 3.05) is 26.8 Å². The van der Waals surface area contributed by atoms with E-state index >= 15 is 0 Å². The highest BCUT2D eigenvalue weighted by atomic mass is 16.5. The first kappa shape index (κ1) is 12.9. The Morgan fingerprint density at radius 2 is 2.21 bits per heavy atom. The quantitative estimate of drug-likeness (QED) is 0.880. The van der Waals surface area contributed by atoms with E-state index in [1.54, 1.807) is 7.11 Å². The summed E-state index contributed by atoms with van der Waals surface area (Å²) in [5, 5.41) is 10.6. The number of methoxy groups -OCH3 is 1. The molecule has 0 bridgehead atoms. The summed E-state index contributed by atoms with van der Waals surface area (Å²) in [5.74, 6) is 0.812. The lowest BCUT2D eigenvalue weighted by atomic mass is 9.95. The number of para-hydroxylation sites is 1. The molecule has 4 heteroatoms. The molecule has 0 aromatic heterocycles. The molecule has 104 valence electrons. The van der Waals surface area contributed by atoms with Crippen LogP contribution in [0.4, 0.5) is 0 Å². The van der Waals surface area contributed by atoms with Crippen LogP contribution in [0.25, 0.3) is 0 Å². The molecule has 2 heterocycles.